The van der Waals surface area contributed by atoms with E-state index in [0.717, 1.165) is 71.0 Å². The number of guanidine groups is 1. The van der Waals surface area contributed by atoms with Crippen LogP contribution in [-0.2, 0) is 9.47 Å². The van der Waals surface area contributed by atoms with Crippen molar-refractivity contribution in [2.45, 2.75) is 52.5 Å². The predicted octanol–water partition coefficient (Wildman–Crippen LogP) is 2.04. The number of morpholine rings is 1. The summed E-state index contributed by atoms with van der Waals surface area (Å²) in [4.78, 5) is 10.1. The minimum Gasteiger partial charge on any atom is -0.383 e. The quantitative estimate of drug-likeness (QED) is 0.369. The van der Waals surface area contributed by atoms with E-state index in [-0.39, 0.29) is 0 Å². The van der Waals surface area contributed by atoms with Crippen LogP contribution in [-0.4, -0.2) is 101 Å². The summed E-state index contributed by atoms with van der Waals surface area (Å²) in [5.74, 6) is 2.39. The molecule has 30 heavy (non-hydrogen) atoms. The van der Waals surface area contributed by atoms with Crippen molar-refractivity contribution in [3.8, 4) is 0 Å². The Kier molecular flexibility index (Phi) is 12.7. The molecule has 2 N–H and O–H groups in total. The maximum Gasteiger partial charge on any atom is 0.191 e. The lowest BCUT2D eigenvalue weighted by Crippen LogP contribution is -2.49. The van der Waals surface area contributed by atoms with Crippen molar-refractivity contribution in [3.05, 3.63) is 0 Å². The summed E-state index contributed by atoms with van der Waals surface area (Å²) in [5, 5.41) is 7.09. The molecule has 7 nitrogen and oxygen atoms in total. The summed E-state index contributed by atoms with van der Waals surface area (Å²) >= 11 is 0. The Morgan fingerprint density at radius 3 is 2.37 bits per heavy atom. The molecule has 1 unspecified atom stereocenters. The average molecular weight is 426 g/mol. The Hall–Kier alpha value is -0.890. The molecule has 2 rings (SSSR count). The van der Waals surface area contributed by atoms with Gasteiger partial charge >= 0.3 is 0 Å². The molecular formula is C23H47N5O2. The van der Waals surface area contributed by atoms with Crippen molar-refractivity contribution in [3.63, 3.8) is 0 Å². The molecule has 1 atom stereocenters. The number of nitrogens with one attached hydrogen (secondary N) is 2. The van der Waals surface area contributed by atoms with Gasteiger partial charge in [0, 0.05) is 45.9 Å². The SMILES string of the molecule is CCNC(=NCC(C(CC)CC)N1CCOCC1)NCC1CCN(CCOC)CC1. The highest BCUT2D eigenvalue weighted by Gasteiger charge is 2.27. The van der Waals surface area contributed by atoms with Crippen molar-refractivity contribution in [2.75, 3.05) is 79.3 Å². The maximum absolute atomic E-state index is 5.58. The highest BCUT2D eigenvalue weighted by Crippen LogP contribution is 2.20. The van der Waals surface area contributed by atoms with E-state index in [1.54, 1.807) is 7.11 Å². The highest BCUT2D eigenvalue weighted by molar-refractivity contribution is 5.79. The highest BCUT2D eigenvalue weighted by atomic mass is 16.5. The lowest BCUT2D eigenvalue weighted by atomic mass is 9.92. The van der Waals surface area contributed by atoms with Gasteiger partial charge in [-0.05, 0) is 44.7 Å². The molecule has 2 heterocycles. The number of methoxy groups -OCH3 is 1. The normalized spacial score (nSPS) is 21.2. The zero-order valence-corrected chi connectivity index (χ0v) is 20.0. The standard InChI is InChI=1S/C23H47N5O2/c1-5-21(6-2)22(28-13-16-30-17-14-28)19-26-23(24-7-3)25-18-20-8-10-27(11-9-20)12-15-29-4/h20-22H,5-19H2,1-4H3,(H2,24,25,26). The number of likely N-dealkylation sites (tertiary alicyclic amines) is 1. The Labute approximate surface area is 184 Å². The third-order valence-electron chi connectivity index (χ3n) is 6.77. The smallest absolute Gasteiger partial charge is 0.191 e. The molecule has 0 aromatic rings. The van der Waals surface area contributed by atoms with Crippen LogP contribution in [0.4, 0.5) is 0 Å². The Bertz CT molecular complexity index is 459. The lowest BCUT2D eigenvalue weighted by Gasteiger charge is -2.38. The number of hydrogen-bond donors (Lipinski definition) is 2. The third-order valence-corrected chi connectivity index (χ3v) is 6.77. The zero-order chi connectivity index (χ0) is 21.6. The van der Waals surface area contributed by atoms with Crippen LogP contribution in [0, 0.1) is 11.8 Å². The van der Waals surface area contributed by atoms with Gasteiger partial charge in [-0.1, -0.05) is 26.7 Å². The van der Waals surface area contributed by atoms with Gasteiger partial charge in [-0.3, -0.25) is 9.89 Å². The minimum atomic E-state index is 0.503. The van der Waals surface area contributed by atoms with E-state index in [0.29, 0.717) is 12.0 Å². The van der Waals surface area contributed by atoms with E-state index in [1.165, 1.54) is 38.8 Å². The van der Waals surface area contributed by atoms with Crippen LogP contribution in [0.1, 0.15) is 46.5 Å². The molecular weight excluding hydrogens is 378 g/mol. The lowest BCUT2D eigenvalue weighted by molar-refractivity contribution is 0.00395. The number of piperidine rings is 1. The second kappa shape index (κ2) is 15.0. The molecule has 2 aliphatic heterocycles. The van der Waals surface area contributed by atoms with E-state index in [1.807, 2.05) is 0 Å². The van der Waals surface area contributed by atoms with Crippen molar-refractivity contribution in [2.24, 2.45) is 16.8 Å². The van der Waals surface area contributed by atoms with Crippen LogP contribution < -0.4 is 10.6 Å². The van der Waals surface area contributed by atoms with Crippen LogP contribution in [0.15, 0.2) is 4.99 Å². The van der Waals surface area contributed by atoms with E-state index < -0.39 is 0 Å². The molecule has 0 aliphatic carbocycles. The molecule has 0 aromatic carbocycles. The second-order valence-electron chi connectivity index (χ2n) is 8.67. The predicted molar refractivity (Wildman–Crippen MR) is 125 cm³/mol. The summed E-state index contributed by atoms with van der Waals surface area (Å²) < 4.78 is 10.8. The molecule has 0 saturated carbocycles. The fourth-order valence-electron chi connectivity index (χ4n) is 4.71. The first-order valence-corrected chi connectivity index (χ1v) is 12.3. The summed E-state index contributed by atoms with van der Waals surface area (Å²) in [6.07, 6.45) is 4.92. The summed E-state index contributed by atoms with van der Waals surface area (Å²) in [7, 11) is 1.78. The molecule has 176 valence electrons. The molecule has 7 heteroatoms. The zero-order valence-electron chi connectivity index (χ0n) is 20.0. The molecule has 0 bridgehead atoms. The molecule has 0 radical (unpaired) electrons. The van der Waals surface area contributed by atoms with Crippen molar-refractivity contribution >= 4 is 5.96 Å². The Balaban J connectivity index is 1.86. The largest absolute Gasteiger partial charge is 0.383 e. The van der Waals surface area contributed by atoms with Gasteiger partial charge in [0.15, 0.2) is 5.96 Å². The monoisotopic (exact) mass is 425 g/mol. The van der Waals surface area contributed by atoms with Gasteiger partial charge in [0.1, 0.15) is 0 Å². The molecule has 2 aliphatic rings. The number of ether oxygens (including phenoxy) is 2. The summed E-state index contributed by atoms with van der Waals surface area (Å²) in [6.45, 7) is 17.5. The Morgan fingerprint density at radius 2 is 1.77 bits per heavy atom. The maximum atomic E-state index is 5.58. The molecule has 0 aromatic heterocycles. The van der Waals surface area contributed by atoms with Gasteiger partial charge in [-0.2, -0.15) is 0 Å². The first-order chi connectivity index (χ1) is 14.7. The molecule has 0 spiro atoms. The van der Waals surface area contributed by atoms with Crippen LogP contribution >= 0.6 is 0 Å². The summed E-state index contributed by atoms with van der Waals surface area (Å²) in [5.41, 5.74) is 0. The van der Waals surface area contributed by atoms with Gasteiger partial charge in [0.2, 0.25) is 0 Å². The fourth-order valence-corrected chi connectivity index (χ4v) is 4.71. The number of hydrogen-bond acceptors (Lipinski definition) is 5. The van der Waals surface area contributed by atoms with E-state index >= 15 is 0 Å². The van der Waals surface area contributed by atoms with E-state index in [4.69, 9.17) is 14.5 Å². The van der Waals surface area contributed by atoms with Gasteiger partial charge in [-0.25, -0.2) is 0 Å². The van der Waals surface area contributed by atoms with Crippen molar-refractivity contribution in [1.29, 1.82) is 0 Å². The summed E-state index contributed by atoms with van der Waals surface area (Å²) in [6, 6.07) is 0.503. The number of nitrogens with zero attached hydrogens (tertiary/aromatic N) is 3. The fraction of sp³-hybridized carbons (Fsp3) is 0.957. The molecule has 0 amide bonds. The first-order valence-electron chi connectivity index (χ1n) is 12.3. The van der Waals surface area contributed by atoms with Gasteiger partial charge in [-0.15, -0.1) is 0 Å². The first kappa shape index (κ1) is 25.4. The Morgan fingerprint density at radius 1 is 1.07 bits per heavy atom. The van der Waals surface area contributed by atoms with Gasteiger partial charge in [0.25, 0.3) is 0 Å². The van der Waals surface area contributed by atoms with Crippen LogP contribution in [0.5, 0.6) is 0 Å². The van der Waals surface area contributed by atoms with Crippen LogP contribution in [0.3, 0.4) is 0 Å². The van der Waals surface area contributed by atoms with E-state index in [9.17, 15) is 0 Å². The van der Waals surface area contributed by atoms with Crippen LogP contribution in [0.2, 0.25) is 0 Å². The molecule has 2 saturated heterocycles. The minimum absolute atomic E-state index is 0.503. The molecule has 2 fully saturated rings. The van der Waals surface area contributed by atoms with Gasteiger partial charge < -0.3 is 25.0 Å². The van der Waals surface area contributed by atoms with Crippen LogP contribution in [0.25, 0.3) is 0 Å². The average Bonchev–Trinajstić information content (AvgIpc) is 2.80. The van der Waals surface area contributed by atoms with E-state index in [2.05, 4.69) is 41.2 Å². The van der Waals surface area contributed by atoms with Crippen molar-refractivity contribution < 1.29 is 9.47 Å². The van der Waals surface area contributed by atoms with Crippen molar-refractivity contribution in [1.82, 2.24) is 20.4 Å². The second-order valence-corrected chi connectivity index (χ2v) is 8.67. The third kappa shape index (κ3) is 8.69. The number of rotatable bonds is 12. The number of aliphatic imine (C=N–C) groups is 1. The topological polar surface area (TPSA) is 61.4 Å². The van der Waals surface area contributed by atoms with Gasteiger partial charge in [0.05, 0.1) is 26.4 Å².